The third-order valence-corrected chi connectivity index (χ3v) is 3.61. The summed E-state index contributed by atoms with van der Waals surface area (Å²) in [6, 6.07) is 0.339. The van der Waals surface area contributed by atoms with Gasteiger partial charge in [-0.2, -0.15) is 0 Å². The Kier molecular flexibility index (Phi) is 3.59. The van der Waals surface area contributed by atoms with E-state index in [1.807, 2.05) is 0 Å². The van der Waals surface area contributed by atoms with E-state index in [9.17, 15) is 4.79 Å². The summed E-state index contributed by atoms with van der Waals surface area (Å²) in [5, 5.41) is 13.8. The van der Waals surface area contributed by atoms with Gasteiger partial charge in [0.15, 0.2) is 0 Å². The Morgan fingerprint density at radius 1 is 1.47 bits per heavy atom. The zero-order chi connectivity index (χ0) is 13.1. The molecule has 1 aromatic rings. The number of nitrogens with one attached hydrogen (secondary N) is 2. The van der Waals surface area contributed by atoms with Gasteiger partial charge in [0, 0.05) is 6.42 Å². The molecule has 0 radical (unpaired) electrons. The second kappa shape index (κ2) is 5.52. The van der Waals surface area contributed by atoms with Crippen molar-refractivity contribution in [1.29, 1.82) is 0 Å². The van der Waals surface area contributed by atoms with Crippen molar-refractivity contribution < 1.29 is 9.21 Å². The maximum Gasteiger partial charge on any atom is 0.322 e. The maximum atomic E-state index is 11.8. The molecule has 1 fully saturated rings. The smallest absolute Gasteiger partial charge is 0.322 e. The second-order valence-corrected chi connectivity index (χ2v) is 5.11. The van der Waals surface area contributed by atoms with Gasteiger partial charge < -0.3 is 9.73 Å². The van der Waals surface area contributed by atoms with Crippen molar-refractivity contribution >= 4 is 11.9 Å². The minimum Gasteiger partial charge on any atom is -0.406 e. The first kappa shape index (κ1) is 12.3. The van der Waals surface area contributed by atoms with Gasteiger partial charge in [0.2, 0.25) is 11.8 Å². The molecular formula is C13H18N4O2. The highest BCUT2D eigenvalue weighted by Gasteiger charge is 2.23. The first-order chi connectivity index (χ1) is 9.31. The van der Waals surface area contributed by atoms with E-state index < -0.39 is 0 Å². The van der Waals surface area contributed by atoms with Crippen LogP contribution in [0.25, 0.3) is 0 Å². The summed E-state index contributed by atoms with van der Waals surface area (Å²) in [6.45, 7) is 0.975. The Balaban J connectivity index is 1.54. The number of hydrogen-bond donors (Lipinski definition) is 2. The lowest BCUT2D eigenvalue weighted by atomic mass is 10.1. The summed E-state index contributed by atoms with van der Waals surface area (Å²) in [5.74, 6) is 0.846. The third-order valence-electron chi connectivity index (χ3n) is 3.61. The molecule has 19 heavy (non-hydrogen) atoms. The number of rotatable bonds is 4. The average molecular weight is 262 g/mol. The molecule has 6 nitrogen and oxygen atoms in total. The Labute approximate surface area is 111 Å². The average Bonchev–Trinajstić information content (AvgIpc) is 3.09. The Morgan fingerprint density at radius 2 is 2.42 bits per heavy atom. The van der Waals surface area contributed by atoms with Crippen molar-refractivity contribution in [2.24, 2.45) is 5.92 Å². The lowest BCUT2D eigenvalue weighted by Gasteiger charge is -2.06. The lowest BCUT2D eigenvalue weighted by Crippen LogP contribution is -2.15. The van der Waals surface area contributed by atoms with Crippen LogP contribution in [0.3, 0.4) is 0 Å². The molecule has 0 spiro atoms. The van der Waals surface area contributed by atoms with Gasteiger partial charge in [-0.15, -0.1) is 5.10 Å². The fourth-order valence-corrected chi connectivity index (χ4v) is 2.59. The molecule has 2 atom stereocenters. The predicted molar refractivity (Wildman–Crippen MR) is 69.4 cm³/mol. The summed E-state index contributed by atoms with van der Waals surface area (Å²) in [7, 11) is 0. The Morgan fingerprint density at radius 3 is 3.16 bits per heavy atom. The van der Waals surface area contributed by atoms with Crippen LogP contribution in [0.5, 0.6) is 0 Å². The number of amides is 1. The zero-order valence-electron chi connectivity index (χ0n) is 10.8. The summed E-state index contributed by atoms with van der Waals surface area (Å²) >= 11 is 0. The van der Waals surface area contributed by atoms with E-state index in [0.29, 0.717) is 18.2 Å². The molecule has 102 valence electrons. The van der Waals surface area contributed by atoms with E-state index in [1.54, 1.807) is 0 Å². The van der Waals surface area contributed by atoms with E-state index in [1.165, 1.54) is 0 Å². The Bertz CT molecular complexity index is 477. The van der Waals surface area contributed by atoms with Crippen LogP contribution in [0.2, 0.25) is 0 Å². The molecule has 1 saturated heterocycles. The maximum absolute atomic E-state index is 11.8. The molecule has 2 N–H and O–H groups in total. The highest BCUT2D eigenvalue weighted by molar-refractivity contribution is 5.88. The molecule has 3 rings (SSSR count). The Hall–Kier alpha value is -1.69. The summed E-state index contributed by atoms with van der Waals surface area (Å²) in [6.07, 6.45) is 8.93. The second-order valence-electron chi connectivity index (χ2n) is 5.11. The first-order valence-electron chi connectivity index (χ1n) is 6.84. The molecule has 6 heteroatoms. The van der Waals surface area contributed by atoms with Gasteiger partial charge in [0.05, 0.1) is 6.04 Å². The molecule has 1 aliphatic heterocycles. The molecule has 1 aliphatic carbocycles. The largest absolute Gasteiger partial charge is 0.406 e. The van der Waals surface area contributed by atoms with Crippen LogP contribution in [0.15, 0.2) is 16.6 Å². The molecular weight excluding hydrogens is 244 g/mol. The van der Waals surface area contributed by atoms with Gasteiger partial charge in [0.25, 0.3) is 0 Å². The van der Waals surface area contributed by atoms with Crippen LogP contribution in [0.4, 0.5) is 6.01 Å². The highest BCUT2D eigenvalue weighted by atomic mass is 16.4. The van der Waals surface area contributed by atoms with Crippen LogP contribution < -0.4 is 10.6 Å². The number of anilines is 1. The van der Waals surface area contributed by atoms with E-state index in [-0.39, 0.29) is 18.0 Å². The molecule has 1 amide bonds. The van der Waals surface area contributed by atoms with Crippen molar-refractivity contribution in [2.45, 2.75) is 38.1 Å². The normalized spacial score (nSPS) is 25.9. The molecule has 0 aromatic carbocycles. The van der Waals surface area contributed by atoms with Crippen molar-refractivity contribution in [3.8, 4) is 0 Å². The van der Waals surface area contributed by atoms with Gasteiger partial charge in [-0.05, 0) is 38.1 Å². The van der Waals surface area contributed by atoms with Crippen molar-refractivity contribution in [3.63, 3.8) is 0 Å². The quantitative estimate of drug-likeness (QED) is 0.809. The number of carbonyl (C=O) groups is 1. The SMILES string of the molecule is O=C(CC1C=CCC1)Nc1nnc(C2CCCN2)o1. The standard InChI is InChI=1S/C13H18N4O2/c18-11(8-9-4-1-2-5-9)15-13-17-16-12(19-13)10-6-3-7-14-10/h1,4,9-10,14H,2-3,5-8H2,(H,15,17,18). The van der Waals surface area contributed by atoms with Crippen LogP contribution >= 0.6 is 0 Å². The third kappa shape index (κ3) is 3.01. The van der Waals surface area contributed by atoms with Crippen molar-refractivity contribution in [3.05, 3.63) is 18.0 Å². The minimum atomic E-state index is -0.0638. The monoisotopic (exact) mass is 262 g/mol. The number of nitrogens with zero attached hydrogens (tertiary/aromatic N) is 2. The van der Waals surface area contributed by atoms with Crippen LogP contribution in [0, 0.1) is 5.92 Å². The zero-order valence-corrected chi connectivity index (χ0v) is 10.8. The van der Waals surface area contributed by atoms with Crippen molar-refractivity contribution in [1.82, 2.24) is 15.5 Å². The number of hydrogen-bond acceptors (Lipinski definition) is 5. The number of carbonyl (C=O) groups excluding carboxylic acids is 1. The van der Waals surface area contributed by atoms with Gasteiger partial charge in [-0.3, -0.25) is 10.1 Å². The molecule has 0 saturated carbocycles. The summed E-state index contributed by atoms with van der Waals surface area (Å²) in [4.78, 5) is 11.8. The molecule has 2 aliphatic rings. The van der Waals surface area contributed by atoms with Crippen LogP contribution in [0.1, 0.15) is 44.0 Å². The highest BCUT2D eigenvalue weighted by Crippen LogP contribution is 2.24. The fourth-order valence-electron chi connectivity index (χ4n) is 2.59. The predicted octanol–water partition coefficient (Wildman–Crippen LogP) is 1.79. The van der Waals surface area contributed by atoms with Crippen LogP contribution in [-0.4, -0.2) is 22.6 Å². The fraction of sp³-hybridized carbons (Fsp3) is 0.615. The molecule has 2 unspecified atom stereocenters. The minimum absolute atomic E-state index is 0.0638. The first-order valence-corrected chi connectivity index (χ1v) is 6.84. The van der Waals surface area contributed by atoms with Crippen molar-refractivity contribution in [2.75, 3.05) is 11.9 Å². The van der Waals surface area contributed by atoms with Gasteiger partial charge >= 0.3 is 6.01 Å². The van der Waals surface area contributed by atoms with E-state index in [0.717, 1.165) is 32.2 Å². The van der Waals surface area contributed by atoms with Gasteiger partial charge in [-0.1, -0.05) is 17.3 Å². The summed E-state index contributed by atoms with van der Waals surface area (Å²) in [5.41, 5.74) is 0. The lowest BCUT2D eigenvalue weighted by molar-refractivity contribution is -0.116. The molecule has 0 bridgehead atoms. The number of allylic oxidation sites excluding steroid dienone is 2. The topological polar surface area (TPSA) is 80.0 Å². The van der Waals surface area contributed by atoms with E-state index >= 15 is 0 Å². The van der Waals surface area contributed by atoms with E-state index in [4.69, 9.17) is 4.42 Å². The van der Waals surface area contributed by atoms with E-state index in [2.05, 4.69) is 33.0 Å². The number of aromatic nitrogens is 2. The van der Waals surface area contributed by atoms with Gasteiger partial charge in [0.1, 0.15) is 0 Å². The van der Waals surface area contributed by atoms with Crippen LogP contribution in [-0.2, 0) is 4.79 Å². The summed E-state index contributed by atoms with van der Waals surface area (Å²) < 4.78 is 5.47. The van der Waals surface area contributed by atoms with Gasteiger partial charge in [-0.25, -0.2) is 0 Å². The molecule has 1 aromatic heterocycles. The molecule has 2 heterocycles.